The fraction of sp³-hybridized carbons (Fsp3) is 0.0182. The Morgan fingerprint density at radius 3 is 1.47 bits per heavy atom. The van der Waals surface area contributed by atoms with Gasteiger partial charge < -0.3 is 4.90 Å². The minimum absolute atomic E-state index is 0.409. The van der Waals surface area contributed by atoms with Gasteiger partial charge in [0.05, 0.1) is 5.41 Å². The van der Waals surface area contributed by atoms with E-state index in [1.807, 2.05) is 11.3 Å². The third-order valence-electron chi connectivity index (χ3n) is 12.3. The van der Waals surface area contributed by atoms with E-state index < -0.39 is 5.41 Å². The molecule has 1 aromatic heterocycles. The highest BCUT2D eigenvalue weighted by atomic mass is 32.1. The molecule has 0 saturated carbocycles. The second kappa shape index (κ2) is 12.5. The molecule has 0 unspecified atom stereocenters. The fourth-order valence-corrected chi connectivity index (χ4v) is 11.2. The number of benzene rings is 9. The van der Waals surface area contributed by atoms with Crippen molar-refractivity contribution >= 4 is 48.6 Å². The summed E-state index contributed by atoms with van der Waals surface area (Å²) in [5, 5.41) is 2.62. The van der Waals surface area contributed by atoms with Crippen molar-refractivity contribution in [1.82, 2.24) is 0 Å². The Bertz CT molecular complexity index is 3120. The third-order valence-corrected chi connectivity index (χ3v) is 13.4. The minimum atomic E-state index is -0.409. The third kappa shape index (κ3) is 4.62. The summed E-state index contributed by atoms with van der Waals surface area (Å²) in [5.41, 5.74) is 18.8. The first-order valence-electron chi connectivity index (χ1n) is 19.7. The highest BCUT2D eigenvalue weighted by Crippen LogP contribution is 2.65. The lowest BCUT2D eigenvalue weighted by molar-refractivity contribution is 0.795. The molecule has 10 aromatic rings. The summed E-state index contributed by atoms with van der Waals surface area (Å²) in [5.74, 6) is 0. The molecule has 266 valence electrons. The van der Waals surface area contributed by atoms with Gasteiger partial charge in [-0.05, 0) is 109 Å². The first-order chi connectivity index (χ1) is 28.3. The van der Waals surface area contributed by atoms with Crippen molar-refractivity contribution in [2.75, 3.05) is 4.90 Å². The molecule has 2 aliphatic rings. The molecule has 2 aliphatic carbocycles. The van der Waals surface area contributed by atoms with E-state index in [1.165, 1.54) is 86.9 Å². The minimum Gasteiger partial charge on any atom is -0.310 e. The molecule has 57 heavy (non-hydrogen) atoms. The average Bonchev–Trinajstić information content (AvgIpc) is 3.90. The van der Waals surface area contributed by atoms with Gasteiger partial charge >= 0.3 is 0 Å². The van der Waals surface area contributed by atoms with E-state index in [1.54, 1.807) is 0 Å². The Labute approximate surface area is 336 Å². The number of hydrogen-bond acceptors (Lipinski definition) is 2. The molecule has 1 spiro atoms. The van der Waals surface area contributed by atoms with Crippen molar-refractivity contribution in [2.24, 2.45) is 0 Å². The van der Waals surface area contributed by atoms with Gasteiger partial charge in [-0.25, -0.2) is 0 Å². The van der Waals surface area contributed by atoms with Crippen molar-refractivity contribution in [1.29, 1.82) is 0 Å². The average molecular weight is 742 g/mol. The van der Waals surface area contributed by atoms with Crippen molar-refractivity contribution in [3.05, 3.63) is 235 Å². The SMILES string of the molecule is c1ccc(-c2ccc(N(c3ccccc3)c3ccc4c(c3)sc3cc5c(c(-c6ccccc6)c34)-c3ccccc3C53c4ccccc4-c4ccccc43)cc2)cc1. The zero-order valence-corrected chi connectivity index (χ0v) is 31.9. The zero-order chi connectivity index (χ0) is 37.5. The number of fused-ring (bicyclic) bond motifs is 13. The Kier molecular flexibility index (Phi) is 7.08. The number of anilines is 3. The van der Waals surface area contributed by atoms with Gasteiger partial charge in [-0.1, -0.05) is 170 Å². The van der Waals surface area contributed by atoms with Crippen LogP contribution in [0.15, 0.2) is 212 Å². The summed E-state index contributed by atoms with van der Waals surface area (Å²) in [6, 6.07) is 78.4. The number of thiophene rings is 1. The van der Waals surface area contributed by atoms with Gasteiger partial charge in [0.15, 0.2) is 0 Å². The molecule has 9 aromatic carbocycles. The van der Waals surface area contributed by atoms with Crippen molar-refractivity contribution in [3.63, 3.8) is 0 Å². The molecule has 0 radical (unpaired) electrons. The largest absolute Gasteiger partial charge is 0.310 e. The first-order valence-corrected chi connectivity index (χ1v) is 20.5. The molecular weight excluding hydrogens is 707 g/mol. The molecular formula is C55H35NS. The highest BCUT2D eigenvalue weighted by molar-refractivity contribution is 7.26. The second-order valence-electron chi connectivity index (χ2n) is 15.2. The van der Waals surface area contributed by atoms with Crippen LogP contribution in [0.4, 0.5) is 17.1 Å². The Balaban J connectivity index is 1.12. The van der Waals surface area contributed by atoms with Gasteiger partial charge in [-0.3, -0.25) is 0 Å². The Hall–Kier alpha value is -7.00. The van der Waals surface area contributed by atoms with Crippen LogP contribution >= 0.6 is 11.3 Å². The molecule has 0 fully saturated rings. The van der Waals surface area contributed by atoms with Crippen LogP contribution in [0.1, 0.15) is 22.3 Å². The summed E-state index contributed by atoms with van der Waals surface area (Å²) in [6.07, 6.45) is 0. The fourth-order valence-electron chi connectivity index (χ4n) is 9.98. The normalized spacial score (nSPS) is 13.1. The number of nitrogens with zero attached hydrogens (tertiary/aromatic N) is 1. The topological polar surface area (TPSA) is 3.24 Å². The summed E-state index contributed by atoms with van der Waals surface area (Å²) >= 11 is 1.91. The van der Waals surface area contributed by atoms with Crippen LogP contribution in [0.3, 0.4) is 0 Å². The summed E-state index contributed by atoms with van der Waals surface area (Å²) in [6.45, 7) is 0. The summed E-state index contributed by atoms with van der Waals surface area (Å²) < 4.78 is 2.59. The molecule has 0 atom stereocenters. The van der Waals surface area contributed by atoms with E-state index in [4.69, 9.17) is 0 Å². The van der Waals surface area contributed by atoms with Crippen molar-refractivity contribution in [2.45, 2.75) is 5.41 Å². The molecule has 1 nitrogen and oxygen atoms in total. The number of para-hydroxylation sites is 1. The van der Waals surface area contributed by atoms with E-state index in [2.05, 4.69) is 217 Å². The molecule has 0 aliphatic heterocycles. The van der Waals surface area contributed by atoms with Crippen LogP contribution in [-0.2, 0) is 5.41 Å². The first kappa shape index (κ1) is 32.3. The monoisotopic (exact) mass is 741 g/mol. The number of rotatable bonds is 5. The van der Waals surface area contributed by atoms with Gasteiger partial charge in [-0.2, -0.15) is 0 Å². The van der Waals surface area contributed by atoms with Crippen molar-refractivity contribution < 1.29 is 0 Å². The Morgan fingerprint density at radius 1 is 0.333 bits per heavy atom. The maximum absolute atomic E-state index is 2.55. The molecule has 0 bridgehead atoms. The van der Waals surface area contributed by atoms with Gasteiger partial charge in [-0.15, -0.1) is 11.3 Å². The van der Waals surface area contributed by atoms with Crippen LogP contribution in [0.5, 0.6) is 0 Å². The van der Waals surface area contributed by atoms with E-state index in [0.29, 0.717) is 0 Å². The molecule has 0 amide bonds. The van der Waals surface area contributed by atoms with E-state index >= 15 is 0 Å². The second-order valence-corrected chi connectivity index (χ2v) is 16.3. The van der Waals surface area contributed by atoms with Crippen LogP contribution in [0, 0.1) is 0 Å². The van der Waals surface area contributed by atoms with E-state index in [9.17, 15) is 0 Å². The lowest BCUT2D eigenvalue weighted by atomic mass is 9.70. The summed E-state index contributed by atoms with van der Waals surface area (Å²) in [4.78, 5) is 2.38. The molecule has 2 heteroatoms. The van der Waals surface area contributed by atoms with Crippen LogP contribution in [0.2, 0.25) is 0 Å². The van der Waals surface area contributed by atoms with Crippen LogP contribution in [0.25, 0.3) is 64.7 Å². The van der Waals surface area contributed by atoms with Crippen LogP contribution < -0.4 is 4.90 Å². The highest BCUT2D eigenvalue weighted by Gasteiger charge is 2.52. The van der Waals surface area contributed by atoms with E-state index in [0.717, 1.165) is 17.1 Å². The van der Waals surface area contributed by atoms with Crippen LogP contribution in [-0.4, -0.2) is 0 Å². The Morgan fingerprint density at radius 2 is 0.825 bits per heavy atom. The molecule has 1 heterocycles. The quantitative estimate of drug-likeness (QED) is 0.170. The number of hydrogen-bond donors (Lipinski definition) is 0. The molecule has 0 N–H and O–H groups in total. The lowest BCUT2D eigenvalue weighted by Gasteiger charge is -2.30. The lowest BCUT2D eigenvalue weighted by Crippen LogP contribution is -2.25. The predicted octanol–water partition coefficient (Wildman–Crippen LogP) is 15.2. The van der Waals surface area contributed by atoms with Gasteiger partial charge in [0.2, 0.25) is 0 Å². The zero-order valence-electron chi connectivity index (χ0n) is 31.1. The predicted molar refractivity (Wildman–Crippen MR) is 241 cm³/mol. The van der Waals surface area contributed by atoms with Crippen molar-refractivity contribution in [3.8, 4) is 44.5 Å². The maximum atomic E-state index is 2.55. The summed E-state index contributed by atoms with van der Waals surface area (Å²) in [7, 11) is 0. The van der Waals surface area contributed by atoms with Gasteiger partial charge in [0, 0.05) is 37.2 Å². The molecule has 12 rings (SSSR count). The smallest absolute Gasteiger partial charge is 0.0726 e. The standard InChI is InChI=1S/C55H35NS/c1-4-16-36(17-5-1)37-28-30-40(31-29-37)56(39-20-8-3-9-21-39)41-32-33-45-50(34-41)57-51-35-49-53(52(54(45)51)38-18-6-2-7-19-38)44-24-12-15-27-48(44)55(49)46-25-13-10-22-42(46)43-23-11-14-26-47(43)55/h1-35H. The van der Waals surface area contributed by atoms with Gasteiger partial charge in [0.25, 0.3) is 0 Å². The molecule has 0 saturated heterocycles. The van der Waals surface area contributed by atoms with Gasteiger partial charge in [0.1, 0.15) is 0 Å². The van der Waals surface area contributed by atoms with E-state index in [-0.39, 0.29) is 0 Å². The maximum Gasteiger partial charge on any atom is 0.0726 e.